The lowest BCUT2D eigenvalue weighted by Crippen LogP contribution is -2.33. The molecule has 3 aromatic rings. The van der Waals surface area contributed by atoms with E-state index in [9.17, 15) is 9.18 Å². The molecule has 2 heterocycles. The summed E-state index contributed by atoms with van der Waals surface area (Å²) in [5.74, 6) is -0.775. The summed E-state index contributed by atoms with van der Waals surface area (Å²) in [4.78, 5) is 16.8. The molecule has 1 aliphatic heterocycles. The molecule has 1 atom stereocenters. The Bertz CT molecular complexity index is 1090. The molecule has 4 rings (SSSR count). The minimum atomic E-state index is -0.447. The number of pyridine rings is 1. The average molecular weight is 462 g/mol. The molecule has 34 heavy (non-hydrogen) atoms. The first kappa shape index (κ1) is 25.1. The molecule has 178 valence electrons. The molecule has 1 aliphatic rings. The number of nitrogens with zero attached hydrogens (tertiary/aromatic N) is 3. The summed E-state index contributed by atoms with van der Waals surface area (Å²) in [6.45, 7) is 8.10. The van der Waals surface area contributed by atoms with Crippen LogP contribution in [0.3, 0.4) is 0 Å². The van der Waals surface area contributed by atoms with Crippen LogP contribution >= 0.6 is 0 Å². The third-order valence-corrected chi connectivity index (χ3v) is 5.64. The van der Waals surface area contributed by atoms with E-state index in [4.69, 9.17) is 0 Å². The second-order valence-electron chi connectivity index (χ2n) is 8.40. The van der Waals surface area contributed by atoms with Crippen molar-refractivity contribution < 1.29 is 9.18 Å². The molecule has 7 heteroatoms. The second kappa shape index (κ2) is 12.0. The predicted octanol–water partition coefficient (Wildman–Crippen LogP) is 5.19. The van der Waals surface area contributed by atoms with Gasteiger partial charge in [0, 0.05) is 36.9 Å². The Labute approximate surface area is 200 Å². The molecule has 2 N–H and O–H groups in total. The molecule has 0 aliphatic carbocycles. The number of hydrogen-bond acceptors (Lipinski definition) is 5. The van der Waals surface area contributed by atoms with Crippen molar-refractivity contribution in [3.63, 3.8) is 0 Å². The summed E-state index contributed by atoms with van der Waals surface area (Å²) in [7, 11) is 1.95. The van der Waals surface area contributed by atoms with Gasteiger partial charge in [0.15, 0.2) is 0 Å². The van der Waals surface area contributed by atoms with Crippen LogP contribution in [0.2, 0.25) is 0 Å². The fourth-order valence-corrected chi connectivity index (χ4v) is 4.01. The number of carbonyl (C=O) groups is 1. The highest BCUT2D eigenvalue weighted by Crippen LogP contribution is 2.35. The van der Waals surface area contributed by atoms with E-state index in [1.54, 1.807) is 12.4 Å². The number of nitrogens with one attached hydrogen (secondary N) is 2. The number of hydrogen-bond donors (Lipinski definition) is 2. The third-order valence-electron chi connectivity index (χ3n) is 5.64. The number of amides is 1. The van der Waals surface area contributed by atoms with Crippen molar-refractivity contribution in [1.82, 2.24) is 15.3 Å². The van der Waals surface area contributed by atoms with Gasteiger partial charge >= 0.3 is 0 Å². The van der Waals surface area contributed by atoms with Crippen LogP contribution in [0.4, 0.5) is 10.1 Å². The van der Waals surface area contributed by atoms with E-state index in [-0.39, 0.29) is 18.0 Å². The highest BCUT2D eigenvalue weighted by molar-refractivity contribution is 5.97. The van der Waals surface area contributed by atoms with Crippen molar-refractivity contribution in [2.45, 2.75) is 45.3 Å². The van der Waals surface area contributed by atoms with Crippen LogP contribution in [0.25, 0.3) is 0 Å². The van der Waals surface area contributed by atoms with Gasteiger partial charge < -0.3 is 10.6 Å². The Hall–Kier alpha value is -3.58. The van der Waals surface area contributed by atoms with Crippen LogP contribution in [-0.2, 0) is 13.0 Å². The van der Waals surface area contributed by atoms with Gasteiger partial charge in [-0.1, -0.05) is 30.3 Å². The maximum absolute atomic E-state index is 14.1. The first-order chi connectivity index (χ1) is 16.4. The molecule has 2 aromatic carbocycles. The number of rotatable bonds is 6. The fraction of sp³-hybridized carbons (Fsp3) is 0.296. The van der Waals surface area contributed by atoms with Crippen LogP contribution in [-0.4, -0.2) is 35.7 Å². The Morgan fingerprint density at radius 3 is 2.56 bits per heavy atom. The summed E-state index contributed by atoms with van der Waals surface area (Å²) in [6, 6.07) is 16.9. The maximum Gasteiger partial charge on any atom is 0.274 e. The van der Waals surface area contributed by atoms with Gasteiger partial charge in [-0.05, 0) is 74.7 Å². The summed E-state index contributed by atoms with van der Waals surface area (Å²) in [5.41, 5.74) is 4.25. The zero-order valence-corrected chi connectivity index (χ0v) is 20.0. The van der Waals surface area contributed by atoms with Crippen LogP contribution in [0, 0.1) is 5.82 Å². The Morgan fingerprint density at radius 1 is 1.24 bits per heavy atom. The fourth-order valence-electron chi connectivity index (χ4n) is 4.01. The normalized spacial score (nSPS) is 14.3. The minimum absolute atomic E-state index is 0.0685. The van der Waals surface area contributed by atoms with Gasteiger partial charge in [-0.3, -0.25) is 9.78 Å². The van der Waals surface area contributed by atoms with Crippen LogP contribution < -0.4 is 10.6 Å². The van der Waals surface area contributed by atoms with E-state index in [0.29, 0.717) is 17.7 Å². The lowest BCUT2D eigenvalue weighted by Gasteiger charge is -2.30. The van der Waals surface area contributed by atoms with Gasteiger partial charge in [-0.25, -0.2) is 9.40 Å². The van der Waals surface area contributed by atoms with E-state index in [1.807, 2.05) is 51.2 Å². The summed E-state index contributed by atoms with van der Waals surface area (Å²) >= 11 is 0. The summed E-state index contributed by atoms with van der Waals surface area (Å²) in [5, 5.41) is 11.5. The number of anilines is 1. The monoisotopic (exact) mass is 461 g/mol. The number of halogens is 1. The van der Waals surface area contributed by atoms with E-state index >= 15 is 0 Å². The summed E-state index contributed by atoms with van der Waals surface area (Å²) < 4.78 is 14.1. The Morgan fingerprint density at radius 2 is 1.94 bits per heavy atom. The number of fused-ring (bicyclic) bond motifs is 1. The van der Waals surface area contributed by atoms with Gasteiger partial charge in [0.2, 0.25) is 0 Å². The number of benzene rings is 2. The third kappa shape index (κ3) is 6.26. The average Bonchev–Trinajstić information content (AvgIpc) is 2.85. The van der Waals surface area contributed by atoms with Gasteiger partial charge in [-0.2, -0.15) is 5.10 Å². The molecule has 0 spiro atoms. The smallest absolute Gasteiger partial charge is 0.274 e. The van der Waals surface area contributed by atoms with E-state index < -0.39 is 5.82 Å². The molecule has 1 unspecified atom stereocenters. The number of carbonyl (C=O) groups excluding carboxylic acids is 1. The first-order valence-electron chi connectivity index (χ1n) is 11.4. The van der Waals surface area contributed by atoms with Crippen molar-refractivity contribution >= 4 is 18.3 Å². The standard InChI is InChI=1S/C19H21FN4O.C8H11N/c1-12(2)24(21-3)19(25)16-10-14(20)11-18-15(16)4-5-17(23-18)13-6-8-22-9-7-13;1-9-7-8-5-3-2-4-6-8/h6-12,17,23H,3-5H2,1-2H3;2-6,9H,7H2,1H3. The van der Waals surface area contributed by atoms with Crippen LogP contribution in [0.5, 0.6) is 0 Å². The molecular weight excluding hydrogens is 429 g/mol. The van der Waals surface area contributed by atoms with Crippen molar-refractivity contribution in [2.75, 3.05) is 12.4 Å². The van der Waals surface area contributed by atoms with E-state index in [1.165, 1.54) is 22.7 Å². The maximum atomic E-state index is 14.1. The first-order valence-corrected chi connectivity index (χ1v) is 11.4. The zero-order valence-electron chi connectivity index (χ0n) is 20.0. The Kier molecular flexibility index (Phi) is 8.87. The van der Waals surface area contributed by atoms with Gasteiger partial charge in [0.05, 0.1) is 12.1 Å². The SMILES string of the molecule is C=NN(C(=O)c1cc(F)cc2c1CCC(c1ccncc1)N2)C(C)C.CNCc1ccccc1. The number of hydrazone groups is 1. The molecular formula is C27H32FN5O. The lowest BCUT2D eigenvalue weighted by atomic mass is 9.90. The van der Waals surface area contributed by atoms with Crippen LogP contribution in [0.15, 0.2) is 72.1 Å². The molecule has 0 fully saturated rings. The number of aromatic nitrogens is 1. The largest absolute Gasteiger partial charge is 0.378 e. The molecule has 0 saturated carbocycles. The predicted molar refractivity (Wildman–Crippen MR) is 135 cm³/mol. The van der Waals surface area contributed by atoms with Crippen LogP contribution in [0.1, 0.15) is 53.4 Å². The van der Waals surface area contributed by atoms with Crippen molar-refractivity contribution in [1.29, 1.82) is 0 Å². The summed E-state index contributed by atoms with van der Waals surface area (Å²) in [6.07, 6.45) is 4.97. The second-order valence-corrected chi connectivity index (χ2v) is 8.40. The molecule has 1 amide bonds. The quantitative estimate of drug-likeness (QED) is 0.391. The van der Waals surface area contributed by atoms with Crippen molar-refractivity contribution in [3.05, 3.63) is 95.1 Å². The van der Waals surface area contributed by atoms with Crippen molar-refractivity contribution in [3.8, 4) is 0 Å². The Balaban J connectivity index is 0.000000302. The van der Waals surface area contributed by atoms with Crippen molar-refractivity contribution in [2.24, 2.45) is 5.10 Å². The molecule has 0 bridgehead atoms. The van der Waals surface area contributed by atoms with E-state index in [0.717, 1.165) is 24.1 Å². The molecule has 0 radical (unpaired) electrons. The highest BCUT2D eigenvalue weighted by Gasteiger charge is 2.27. The molecule has 1 aromatic heterocycles. The zero-order chi connectivity index (χ0) is 24.5. The minimum Gasteiger partial charge on any atom is -0.378 e. The highest BCUT2D eigenvalue weighted by atomic mass is 19.1. The molecule has 6 nitrogen and oxygen atoms in total. The lowest BCUT2D eigenvalue weighted by molar-refractivity contribution is 0.0712. The van der Waals surface area contributed by atoms with Gasteiger partial charge in [-0.15, -0.1) is 0 Å². The van der Waals surface area contributed by atoms with E-state index in [2.05, 4.69) is 39.6 Å². The van der Waals surface area contributed by atoms with Gasteiger partial charge in [0.1, 0.15) is 5.82 Å². The topological polar surface area (TPSA) is 69.6 Å². The van der Waals surface area contributed by atoms with Gasteiger partial charge in [0.25, 0.3) is 5.91 Å². The molecule has 0 saturated heterocycles.